The van der Waals surface area contributed by atoms with Crippen molar-refractivity contribution in [2.45, 2.75) is 52.0 Å². The lowest BCUT2D eigenvalue weighted by molar-refractivity contribution is -0.122. The largest absolute Gasteiger partial charge is 0.497 e. The Bertz CT molecular complexity index is 827. The van der Waals surface area contributed by atoms with Crippen LogP contribution in [0.3, 0.4) is 0 Å². The van der Waals surface area contributed by atoms with E-state index in [4.69, 9.17) is 4.74 Å². The average Bonchev–Trinajstić information content (AvgIpc) is 2.82. The van der Waals surface area contributed by atoms with Gasteiger partial charge < -0.3 is 20.3 Å². The lowest BCUT2D eigenvalue weighted by Gasteiger charge is -2.33. The van der Waals surface area contributed by atoms with Crippen molar-refractivity contribution >= 4 is 17.5 Å². The summed E-state index contributed by atoms with van der Waals surface area (Å²) in [6, 6.07) is 9.84. The lowest BCUT2D eigenvalue weighted by atomic mass is 9.93. The van der Waals surface area contributed by atoms with Crippen LogP contribution in [-0.2, 0) is 4.79 Å². The Morgan fingerprint density at radius 1 is 1.29 bits per heavy atom. The predicted molar refractivity (Wildman–Crippen MR) is 125 cm³/mol. The summed E-state index contributed by atoms with van der Waals surface area (Å²) >= 11 is 0. The van der Waals surface area contributed by atoms with E-state index in [1.54, 1.807) is 13.4 Å². The molecule has 0 radical (unpaired) electrons. The molecule has 3 rings (SSSR count). The van der Waals surface area contributed by atoms with Crippen LogP contribution in [0.5, 0.6) is 5.75 Å². The SMILES string of the molecule is CCCNc1cc(N2CCC[C@H](CCC(=O)N[C@@H](C)c3ccc(OC)cc3)C2)ncn1. The number of amides is 1. The molecule has 168 valence electrons. The fraction of sp³-hybridized carbons (Fsp3) is 0.542. The third-order valence-corrected chi connectivity index (χ3v) is 5.82. The van der Waals surface area contributed by atoms with Crippen molar-refractivity contribution in [1.29, 1.82) is 0 Å². The number of hydrogen-bond acceptors (Lipinski definition) is 6. The first-order valence-electron chi connectivity index (χ1n) is 11.3. The van der Waals surface area contributed by atoms with E-state index in [1.165, 1.54) is 0 Å². The van der Waals surface area contributed by atoms with Crippen molar-refractivity contribution in [3.63, 3.8) is 0 Å². The number of carbonyl (C=O) groups excluding carboxylic acids is 1. The van der Waals surface area contributed by atoms with E-state index < -0.39 is 0 Å². The maximum Gasteiger partial charge on any atom is 0.220 e. The molecule has 7 heteroatoms. The van der Waals surface area contributed by atoms with Crippen LogP contribution in [0, 0.1) is 5.92 Å². The van der Waals surface area contributed by atoms with Gasteiger partial charge in [-0.3, -0.25) is 4.79 Å². The lowest BCUT2D eigenvalue weighted by Crippen LogP contribution is -2.36. The highest BCUT2D eigenvalue weighted by Crippen LogP contribution is 2.26. The summed E-state index contributed by atoms with van der Waals surface area (Å²) in [6.07, 6.45) is 6.41. The molecule has 1 aromatic heterocycles. The Labute approximate surface area is 185 Å². The van der Waals surface area contributed by atoms with Gasteiger partial charge in [-0.05, 0) is 56.2 Å². The minimum absolute atomic E-state index is 0.0173. The summed E-state index contributed by atoms with van der Waals surface area (Å²) in [4.78, 5) is 23.6. The van der Waals surface area contributed by atoms with Gasteiger partial charge in [0.25, 0.3) is 0 Å². The van der Waals surface area contributed by atoms with Crippen LogP contribution < -0.4 is 20.3 Å². The van der Waals surface area contributed by atoms with Crippen LogP contribution in [0.2, 0.25) is 0 Å². The van der Waals surface area contributed by atoms with Crippen LogP contribution in [0.25, 0.3) is 0 Å². The molecule has 1 saturated heterocycles. The molecule has 2 atom stereocenters. The molecular weight excluding hydrogens is 390 g/mol. The number of aromatic nitrogens is 2. The monoisotopic (exact) mass is 425 g/mol. The van der Waals surface area contributed by atoms with Crippen molar-refractivity contribution in [3.8, 4) is 5.75 Å². The molecule has 2 aromatic rings. The molecule has 7 nitrogen and oxygen atoms in total. The maximum atomic E-state index is 12.5. The Balaban J connectivity index is 1.47. The van der Waals surface area contributed by atoms with Gasteiger partial charge in [-0.2, -0.15) is 0 Å². The number of rotatable bonds is 10. The van der Waals surface area contributed by atoms with Gasteiger partial charge in [-0.1, -0.05) is 19.1 Å². The quantitative estimate of drug-likeness (QED) is 0.594. The van der Waals surface area contributed by atoms with Crippen LogP contribution >= 0.6 is 0 Å². The molecule has 1 amide bonds. The van der Waals surface area contributed by atoms with Crippen LogP contribution in [0.15, 0.2) is 36.7 Å². The highest BCUT2D eigenvalue weighted by atomic mass is 16.5. The summed E-state index contributed by atoms with van der Waals surface area (Å²) in [6.45, 7) is 7.00. The van der Waals surface area contributed by atoms with E-state index in [9.17, 15) is 4.79 Å². The molecule has 2 heterocycles. The summed E-state index contributed by atoms with van der Waals surface area (Å²) in [5, 5.41) is 6.45. The average molecular weight is 426 g/mol. The van der Waals surface area contributed by atoms with Crippen LogP contribution in [0.4, 0.5) is 11.6 Å². The van der Waals surface area contributed by atoms with E-state index in [2.05, 4.69) is 32.4 Å². The number of nitrogens with zero attached hydrogens (tertiary/aromatic N) is 3. The summed E-state index contributed by atoms with van der Waals surface area (Å²) in [7, 11) is 1.65. The maximum absolute atomic E-state index is 12.5. The van der Waals surface area contributed by atoms with Gasteiger partial charge >= 0.3 is 0 Å². The van der Waals surface area contributed by atoms with Crippen LogP contribution in [-0.4, -0.2) is 42.6 Å². The van der Waals surface area contributed by atoms with E-state index >= 15 is 0 Å². The van der Waals surface area contributed by atoms with Gasteiger partial charge in [-0.25, -0.2) is 9.97 Å². The van der Waals surface area contributed by atoms with E-state index in [1.807, 2.05) is 37.3 Å². The molecule has 0 unspecified atom stereocenters. The zero-order valence-electron chi connectivity index (χ0n) is 18.9. The first-order chi connectivity index (χ1) is 15.1. The minimum atomic E-state index is -0.0173. The summed E-state index contributed by atoms with van der Waals surface area (Å²) in [5.41, 5.74) is 1.08. The summed E-state index contributed by atoms with van der Waals surface area (Å²) < 4.78 is 5.20. The van der Waals surface area contributed by atoms with Gasteiger partial charge in [0.2, 0.25) is 5.91 Å². The van der Waals surface area contributed by atoms with Crippen LogP contribution in [0.1, 0.15) is 57.6 Å². The highest BCUT2D eigenvalue weighted by molar-refractivity contribution is 5.76. The van der Waals surface area contributed by atoms with Gasteiger partial charge in [0.1, 0.15) is 23.7 Å². The molecule has 1 aromatic carbocycles. The van der Waals surface area contributed by atoms with Crippen molar-refractivity contribution in [2.75, 3.05) is 37.0 Å². The zero-order chi connectivity index (χ0) is 22.1. The molecule has 0 bridgehead atoms. The Morgan fingerprint density at radius 3 is 2.84 bits per heavy atom. The molecule has 1 aliphatic rings. The topological polar surface area (TPSA) is 79.4 Å². The molecule has 1 fully saturated rings. The molecule has 0 saturated carbocycles. The molecule has 1 aliphatic heterocycles. The molecule has 2 N–H and O–H groups in total. The first kappa shape index (κ1) is 22.8. The van der Waals surface area contributed by atoms with Gasteiger partial charge in [0.05, 0.1) is 13.2 Å². The number of nitrogens with one attached hydrogen (secondary N) is 2. The van der Waals surface area contributed by atoms with E-state index in [-0.39, 0.29) is 11.9 Å². The van der Waals surface area contributed by atoms with Gasteiger partial charge in [0, 0.05) is 32.1 Å². The second kappa shape index (κ2) is 11.5. The number of methoxy groups -OCH3 is 1. The minimum Gasteiger partial charge on any atom is -0.497 e. The molecular formula is C24H35N5O2. The van der Waals surface area contributed by atoms with E-state index in [0.29, 0.717) is 12.3 Å². The van der Waals surface area contributed by atoms with Crippen molar-refractivity contribution in [1.82, 2.24) is 15.3 Å². The smallest absolute Gasteiger partial charge is 0.220 e. The number of anilines is 2. The summed E-state index contributed by atoms with van der Waals surface area (Å²) in [5.74, 6) is 3.27. The Morgan fingerprint density at radius 2 is 2.10 bits per heavy atom. The fourth-order valence-corrected chi connectivity index (χ4v) is 4.00. The third kappa shape index (κ3) is 6.84. The van der Waals surface area contributed by atoms with Crippen molar-refractivity contribution < 1.29 is 9.53 Å². The first-order valence-corrected chi connectivity index (χ1v) is 11.3. The van der Waals surface area contributed by atoms with Gasteiger partial charge in [0.15, 0.2) is 0 Å². The molecule has 0 spiro atoms. The number of benzene rings is 1. The number of ether oxygens (including phenoxy) is 1. The van der Waals surface area contributed by atoms with E-state index in [0.717, 1.165) is 68.3 Å². The Hall–Kier alpha value is -2.83. The zero-order valence-corrected chi connectivity index (χ0v) is 18.9. The Kier molecular flexibility index (Phi) is 8.50. The number of piperidine rings is 1. The predicted octanol–water partition coefficient (Wildman–Crippen LogP) is 4.18. The fourth-order valence-electron chi connectivity index (χ4n) is 4.00. The van der Waals surface area contributed by atoms with Crippen molar-refractivity contribution in [3.05, 3.63) is 42.2 Å². The third-order valence-electron chi connectivity index (χ3n) is 5.82. The molecule has 31 heavy (non-hydrogen) atoms. The number of carbonyl (C=O) groups is 1. The second-order valence-electron chi connectivity index (χ2n) is 8.24. The normalized spacial score (nSPS) is 17.1. The highest BCUT2D eigenvalue weighted by Gasteiger charge is 2.22. The standard InChI is InChI=1S/C24H35N5O2/c1-4-13-25-22-15-23(27-17-26-22)29-14-5-6-19(16-29)7-12-24(30)28-18(2)20-8-10-21(31-3)11-9-20/h8-11,15,17-19H,4-7,12-14,16H2,1-3H3,(H,28,30)(H,25,26,27)/t18-,19+/m0/s1. The number of hydrogen-bond donors (Lipinski definition) is 2. The second-order valence-corrected chi connectivity index (χ2v) is 8.24. The van der Waals surface area contributed by atoms with Gasteiger partial charge in [-0.15, -0.1) is 0 Å². The van der Waals surface area contributed by atoms with Crippen molar-refractivity contribution in [2.24, 2.45) is 5.92 Å². The molecule has 0 aliphatic carbocycles.